The van der Waals surface area contributed by atoms with E-state index in [1.54, 1.807) is 11.3 Å². The Kier molecular flexibility index (Phi) is 6.10. The lowest BCUT2D eigenvalue weighted by Crippen LogP contribution is -2.44. The molecule has 1 aliphatic heterocycles. The van der Waals surface area contributed by atoms with Gasteiger partial charge in [-0.1, -0.05) is 17.7 Å². The fraction of sp³-hybridized carbons (Fsp3) is 0.320. The highest BCUT2D eigenvalue weighted by molar-refractivity contribution is 7.08. The summed E-state index contributed by atoms with van der Waals surface area (Å²) in [5.74, 6) is 0. The highest BCUT2D eigenvalue weighted by Crippen LogP contribution is 2.37. The van der Waals surface area contributed by atoms with Crippen LogP contribution >= 0.6 is 22.9 Å². The fourth-order valence-electron chi connectivity index (χ4n) is 4.42. The molecule has 1 saturated heterocycles. The van der Waals surface area contributed by atoms with Crippen LogP contribution < -0.4 is 0 Å². The summed E-state index contributed by atoms with van der Waals surface area (Å²) in [5.41, 5.74) is 5.81. The van der Waals surface area contributed by atoms with E-state index in [4.69, 9.17) is 11.6 Å². The smallest absolute Gasteiger partial charge is 0.0506 e. The molecule has 6 heteroatoms. The first-order valence-electron chi connectivity index (χ1n) is 10.9. The van der Waals surface area contributed by atoms with Crippen LogP contribution in [0.15, 0.2) is 59.7 Å². The van der Waals surface area contributed by atoms with Gasteiger partial charge in [-0.05, 0) is 60.6 Å². The third-order valence-electron chi connectivity index (χ3n) is 6.23. The van der Waals surface area contributed by atoms with Gasteiger partial charge in [-0.25, -0.2) is 0 Å². The van der Waals surface area contributed by atoms with Crippen LogP contribution in [0.2, 0.25) is 5.02 Å². The summed E-state index contributed by atoms with van der Waals surface area (Å²) in [6.07, 6.45) is 7.27. The van der Waals surface area contributed by atoms with Crippen molar-refractivity contribution in [2.45, 2.75) is 13.0 Å². The van der Waals surface area contributed by atoms with E-state index in [2.05, 4.69) is 61.6 Å². The van der Waals surface area contributed by atoms with Gasteiger partial charge in [-0.3, -0.25) is 4.98 Å². The highest BCUT2D eigenvalue weighted by atomic mass is 35.5. The number of benzene rings is 1. The summed E-state index contributed by atoms with van der Waals surface area (Å²) in [7, 11) is 2.21. The first-order chi connectivity index (χ1) is 15.2. The van der Waals surface area contributed by atoms with Crippen molar-refractivity contribution in [2.24, 2.45) is 0 Å². The Bertz CT molecular complexity index is 1160. The van der Waals surface area contributed by atoms with Gasteiger partial charge in [0.05, 0.1) is 10.5 Å². The number of fused-ring (bicyclic) bond motifs is 1. The molecule has 0 bridgehead atoms. The summed E-state index contributed by atoms with van der Waals surface area (Å²) in [5, 5.41) is 6.18. The molecule has 4 nitrogen and oxygen atoms in total. The average Bonchev–Trinajstić information content (AvgIpc) is 3.45. The van der Waals surface area contributed by atoms with Crippen molar-refractivity contribution in [3.8, 4) is 22.3 Å². The van der Waals surface area contributed by atoms with Gasteiger partial charge in [0.2, 0.25) is 0 Å². The van der Waals surface area contributed by atoms with Crippen LogP contribution in [-0.4, -0.2) is 59.1 Å². The minimum Gasteiger partial charge on any atom is -0.347 e. The van der Waals surface area contributed by atoms with Crippen molar-refractivity contribution < 1.29 is 0 Å². The summed E-state index contributed by atoms with van der Waals surface area (Å²) < 4.78 is 2.36. The quantitative estimate of drug-likeness (QED) is 0.375. The normalized spacial score (nSPS) is 15.7. The molecule has 4 heterocycles. The molecule has 0 spiro atoms. The molecule has 1 aliphatic rings. The van der Waals surface area contributed by atoms with Gasteiger partial charge in [-0.2, -0.15) is 11.3 Å². The van der Waals surface area contributed by atoms with Gasteiger partial charge in [-0.15, -0.1) is 0 Å². The SMILES string of the molecule is CN1CCN(CCCn2cc(-c3cncc(-c4ccsc4)c3)c3c(Cl)cccc32)CC1. The molecule has 0 aliphatic carbocycles. The van der Waals surface area contributed by atoms with Crippen molar-refractivity contribution in [1.29, 1.82) is 0 Å². The Morgan fingerprint density at radius 1 is 1.00 bits per heavy atom. The number of halogens is 1. The second-order valence-corrected chi connectivity index (χ2v) is 9.53. The topological polar surface area (TPSA) is 24.3 Å². The molecule has 0 amide bonds. The molecule has 0 radical (unpaired) electrons. The number of aryl methyl sites for hydroxylation is 1. The summed E-state index contributed by atoms with van der Waals surface area (Å²) in [4.78, 5) is 9.52. The number of hydrogen-bond acceptors (Lipinski definition) is 4. The Labute approximate surface area is 192 Å². The predicted molar refractivity (Wildman–Crippen MR) is 132 cm³/mol. The lowest BCUT2D eigenvalue weighted by Gasteiger charge is -2.32. The van der Waals surface area contributed by atoms with Gasteiger partial charge >= 0.3 is 0 Å². The minimum absolute atomic E-state index is 0.797. The summed E-state index contributed by atoms with van der Waals surface area (Å²) >= 11 is 8.40. The molecule has 1 fully saturated rings. The monoisotopic (exact) mass is 450 g/mol. The van der Waals surface area contributed by atoms with E-state index < -0.39 is 0 Å². The van der Waals surface area contributed by atoms with Crippen LogP contribution in [0.1, 0.15) is 6.42 Å². The predicted octanol–water partition coefficient (Wildman–Crippen LogP) is 5.72. The maximum absolute atomic E-state index is 6.69. The molecule has 3 aromatic heterocycles. The fourth-order valence-corrected chi connectivity index (χ4v) is 5.36. The van der Waals surface area contributed by atoms with Crippen LogP contribution in [0.3, 0.4) is 0 Å². The van der Waals surface area contributed by atoms with Crippen LogP contribution in [0.4, 0.5) is 0 Å². The molecule has 160 valence electrons. The zero-order valence-electron chi connectivity index (χ0n) is 17.8. The number of aromatic nitrogens is 2. The molecule has 31 heavy (non-hydrogen) atoms. The molecule has 0 atom stereocenters. The van der Waals surface area contributed by atoms with Gasteiger partial charge in [0.25, 0.3) is 0 Å². The van der Waals surface area contributed by atoms with E-state index in [0.29, 0.717) is 0 Å². The Morgan fingerprint density at radius 2 is 1.84 bits per heavy atom. The van der Waals surface area contributed by atoms with E-state index in [1.807, 2.05) is 24.5 Å². The Hall–Kier alpha value is -2.18. The molecule has 5 rings (SSSR count). The maximum Gasteiger partial charge on any atom is 0.0506 e. The summed E-state index contributed by atoms with van der Waals surface area (Å²) in [6, 6.07) is 10.6. The number of likely N-dealkylation sites (N-methyl/N-ethyl adjacent to an activating group) is 1. The Morgan fingerprint density at radius 3 is 2.65 bits per heavy atom. The van der Waals surface area contributed by atoms with E-state index in [9.17, 15) is 0 Å². The van der Waals surface area contributed by atoms with Crippen LogP contribution in [-0.2, 0) is 6.54 Å². The third-order valence-corrected chi connectivity index (χ3v) is 7.23. The van der Waals surface area contributed by atoms with Crippen molar-refractivity contribution in [1.82, 2.24) is 19.4 Å². The third kappa shape index (κ3) is 4.41. The molecular formula is C25H27ClN4S. The lowest BCUT2D eigenvalue weighted by molar-refractivity contribution is 0.151. The summed E-state index contributed by atoms with van der Waals surface area (Å²) in [6.45, 7) is 6.79. The number of thiophene rings is 1. The number of piperazine rings is 1. The number of pyridine rings is 1. The van der Waals surface area contributed by atoms with Crippen LogP contribution in [0, 0.1) is 0 Å². The second kappa shape index (κ2) is 9.13. The molecule has 0 unspecified atom stereocenters. The highest BCUT2D eigenvalue weighted by Gasteiger charge is 2.16. The van der Waals surface area contributed by atoms with Gasteiger partial charge in [0.1, 0.15) is 0 Å². The molecule has 0 saturated carbocycles. The van der Waals surface area contributed by atoms with Crippen molar-refractivity contribution in [3.63, 3.8) is 0 Å². The van der Waals surface area contributed by atoms with Gasteiger partial charge in [0, 0.05) is 73.4 Å². The molecule has 1 aromatic carbocycles. The van der Waals surface area contributed by atoms with E-state index in [1.165, 1.54) is 37.3 Å². The number of hydrogen-bond donors (Lipinski definition) is 0. The van der Waals surface area contributed by atoms with Gasteiger partial charge < -0.3 is 14.4 Å². The molecular weight excluding hydrogens is 424 g/mol. The molecule has 4 aromatic rings. The maximum atomic E-state index is 6.69. The largest absolute Gasteiger partial charge is 0.347 e. The van der Waals surface area contributed by atoms with E-state index in [0.717, 1.165) is 46.6 Å². The van der Waals surface area contributed by atoms with E-state index >= 15 is 0 Å². The first kappa shape index (κ1) is 20.7. The number of rotatable bonds is 6. The average molecular weight is 451 g/mol. The van der Waals surface area contributed by atoms with Crippen molar-refractivity contribution in [3.05, 3.63) is 64.7 Å². The van der Waals surface area contributed by atoms with Crippen molar-refractivity contribution >= 4 is 33.8 Å². The van der Waals surface area contributed by atoms with Gasteiger partial charge in [0.15, 0.2) is 0 Å². The lowest BCUT2D eigenvalue weighted by atomic mass is 10.0. The van der Waals surface area contributed by atoms with E-state index in [-0.39, 0.29) is 0 Å². The van der Waals surface area contributed by atoms with Crippen molar-refractivity contribution in [2.75, 3.05) is 39.8 Å². The van der Waals surface area contributed by atoms with Crippen LogP contribution in [0.5, 0.6) is 0 Å². The first-order valence-corrected chi connectivity index (χ1v) is 12.2. The second-order valence-electron chi connectivity index (χ2n) is 8.34. The van der Waals surface area contributed by atoms with Crippen LogP contribution in [0.25, 0.3) is 33.2 Å². The minimum atomic E-state index is 0.797. The number of nitrogens with zero attached hydrogens (tertiary/aromatic N) is 4. The zero-order chi connectivity index (χ0) is 21.2. The molecule has 0 N–H and O–H groups in total. The Balaban J connectivity index is 1.42. The standard InChI is InChI=1S/C25H27ClN4S/c1-28-9-11-29(12-10-28)7-3-8-30-17-22(25-23(26)4-2-5-24(25)30)21-14-20(15-27-16-21)19-6-13-31-18-19/h2,4-6,13-18H,3,7-12H2,1H3. The zero-order valence-corrected chi connectivity index (χ0v) is 19.4.